The molecule has 1 heterocycles. The van der Waals surface area contributed by atoms with E-state index in [4.69, 9.17) is 11.6 Å². The van der Waals surface area contributed by atoms with Crippen LogP contribution in [0.5, 0.6) is 0 Å². The lowest BCUT2D eigenvalue weighted by Crippen LogP contribution is -2.36. The van der Waals surface area contributed by atoms with E-state index < -0.39 is 12.2 Å². The molecule has 0 aliphatic heterocycles. The summed E-state index contributed by atoms with van der Waals surface area (Å²) in [5.74, 6) is 0. The van der Waals surface area contributed by atoms with Crippen molar-refractivity contribution < 1.29 is 13.2 Å². The number of hydrogen-bond donors (Lipinski definition) is 1. The van der Waals surface area contributed by atoms with Gasteiger partial charge in [-0.25, -0.2) is 0 Å². The summed E-state index contributed by atoms with van der Waals surface area (Å²) in [4.78, 5) is 0. The molecule has 1 rings (SSSR count). The minimum atomic E-state index is -4.38. The van der Waals surface area contributed by atoms with E-state index in [-0.39, 0.29) is 17.3 Å². The van der Waals surface area contributed by atoms with E-state index in [0.717, 1.165) is 0 Å². The Morgan fingerprint density at radius 3 is 2.59 bits per heavy atom. The Morgan fingerprint density at radius 1 is 1.47 bits per heavy atom. The topological polar surface area (TPSA) is 29.9 Å². The Bertz CT molecular complexity index is 362. The van der Waals surface area contributed by atoms with Gasteiger partial charge in [-0.2, -0.15) is 18.3 Å². The van der Waals surface area contributed by atoms with Crippen molar-refractivity contribution in [3.63, 3.8) is 0 Å². The summed E-state index contributed by atoms with van der Waals surface area (Å²) < 4.78 is 40.0. The molecule has 17 heavy (non-hydrogen) atoms. The molecule has 0 bridgehead atoms. The van der Waals surface area contributed by atoms with Gasteiger partial charge in [0.05, 0.1) is 16.9 Å². The molecule has 0 saturated heterocycles. The lowest BCUT2D eigenvalue weighted by atomic mass is 10.2. The quantitative estimate of drug-likeness (QED) is 0.890. The molecular formula is C10H15ClF3N3. The van der Waals surface area contributed by atoms with E-state index in [2.05, 4.69) is 10.4 Å². The zero-order valence-corrected chi connectivity index (χ0v) is 10.4. The van der Waals surface area contributed by atoms with Crippen molar-refractivity contribution >= 4 is 11.6 Å². The van der Waals surface area contributed by atoms with Gasteiger partial charge in [0.15, 0.2) is 0 Å². The molecule has 0 amide bonds. The Kier molecular flexibility index (Phi) is 4.82. The van der Waals surface area contributed by atoms with Crippen LogP contribution in [-0.2, 0) is 6.54 Å². The van der Waals surface area contributed by atoms with Crippen LogP contribution in [0.15, 0.2) is 6.20 Å². The minimum absolute atomic E-state index is 0.0112. The van der Waals surface area contributed by atoms with Crippen molar-refractivity contribution in [3.05, 3.63) is 16.9 Å². The number of nitrogens with zero attached hydrogens (tertiary/aromatic N) is 2. The highest BCUT2D eigenvalue weighted by Crippen LogP contribution is 2.36. The molecule has 1 atom stereocenters. The van der Waals surface area contributed by atoms with Crippen LogP contribution in [0, 0.1) is 0 Å². The number of halogens is 4. The van der Waals surface area contributed by atoms with Gasteiger partial charge in [-0.15, -0.1) is 0 Å². The fourth-order valence-electron chi connectivity index (χ4n) is 1.62. The van der Waals surface area contributed by atoms with E-state index in [1.807, 2.05) is 6.92 Å². The second-order valence-electron chi connectivity index (χ2n) is 3.63. The average molecular weight is 270 g/mol. The predicted molar refractivity (Wildman–Crippen MR) is 60.0 cm³/mol. The Balaban J connectivity index is 3.12. The first-order valence-corrected chi connectivity index (χ1v) is 5.80. The number of rotatable bonds is 5. The lowest BCUT2D eigenvalue weighted by Gasteiger charge is -2.22. The van der Waals surface area contributed by atoms with Gasteiger partial charge >= 0.3 is 6.18 Å². The van der Waals surface area contributed by atoms with Crippen molar-refractivity contribution in [1.82, 2.24) is 15.1 Å². The van der Waals surface area contributed by atoms with Gasteiger partial charge in [-0.1, -0.05) is 25.4 Å². The molecule has 7 heteroatoms. The van der Waals surface area contributed by atoms with Crippen LogP contribution in [0.2, 0.25) is 5.02 Å². The molecule has 0 aromatic carbocycles. The number of hydrogen-bond acceptors (Lipinski definition) is 2. The van der Waals surface area contributed by atoms with E-state index >= 15 is 0 Å². The van der Waals surface area contributed by atoms with Gasteiger partial charge in [0, 0.05) is 6.54 Å². The first-order chi connectivity index (χ1) is 7.91. The monoisotopic (exact) mass is 269 g/mol. The standard InChI is InChI=1S/C10H15ClF3N3/c1-3-5-17-8(7(11)6-16-17)9(15-4-2)10(12,13)14/h6,9,15H,3-5H2,1-2H3. The minimum Gasteiger partial charge on any atom is -0.301 e. The molecule has 0 radical (unpaired) electrons. The van der Waals surface area contributed by atoms with Gasteiger partial charge in [0.25, 0.3) is 0 Å². The zero-order chi connectivity index (χ0) is 13.1. The van der Waals surface area contributed by atoms with Crippen LogP contribution < -0.4 is 5.32 Å². The second-order valence-corrected chi connectivity index (χ2v) is 4.04. The molecular weight excluding hydrogens is 255 g/mol. The third kappa shape index (κ3) is 3.35. The fourth-order valence-corrected chi connectivity index (χ4v) is 1.87. The smallest absolute Gasteiger partial charge is 0.301 e. The number of alkyl halides is 3. The fraction of sp³-hybridized carbons (Fsp3) is 0.700. The number of aryl methyl sites for hydroxylation is 1. The highest BCUT2D eigenvalue weighted by molar-refractivity contribution is 6.31. The Labute approximate surface area is 103 Å². The molecule has 1 N–H and O–H groups in total. The van der Waals surface area contributed by atoms with Crippen LogP contribution in [0.1, 0.15) is 32.0 Å². The summed E-state index contributed by atoms with van der Waals surface area (Å²) in [6, 6.07) is -1.77. The molecule has 98 valence electrons. The highest BCUT2D eigenvalue weighted by atomic mass is 35.5. The largest absolute Gasteiger partial charge is 0.409 e. The van der Waals surface area contributed by atoms with Gasteiger partial charge in [-0.3, -0.25) is 4.68 Å². The van der Waals surface area contributed by atoms with E-state index in [0.29, 0.717) is 13.0 Å². The van der Waals surface area contributed by atoms with E-state index in [1.54, 1.807) is 6.92 Å². The van der Waals surface area contributed by atoms with E-state index in [1.165, 1.54) is 10.9 Å². The van der Waals surface area contributed by atoms with E-state index in [9.17, 15) is 13.2 Å². The Morgan fingerprint density at radius 2 is 2.12 bits per heavy atom. The van der Waals surface area contributed by atoms with Crippen LogP contribution in [0.3, 0.4) is 0 Å². The lowest BCUT2D eigenvalue weighted by molar-refractivity contribution is -0.159. The second kappa shape index (κ2) is 5.73. The van der Waals surface area contributed by atoms with Crippen molar-refractivity contribution in [3.8, 4) is 0 Å². The summed E-state index contributed by atoms with van der Waals surface area (Å²) in [6.45, 7) is 4.11. The molecule has 0 spiro atoms. The third-order valence-electron chi connectivity index (χ3n) is 2.28. The summed E-state index contributed by atoms with van der Waals surface area (Å²) in [5, 5.41) is 6.30. The van der Waals surface area contributed by atoms with Crippen molar-refractivity contribution in [2.24, 2.45) is 0 Å². The first-order valence-electron chi connectivity index (χ1n) is 5.43. The summed E-state index contributed by atoms with van der Waals surface area (Å²) in [6.07, 6.45) is -2.44. The summed E-state index contributed by atoms with van der Waals surface area (Å²) in [5.41, 5.74) is -0.0112. The normalized spacial score (nSPS) is 14.0. The summed E-state index contributed by atoms with van der Waals surface area (Å²) >= 11 is 5.79. The Hall–Kier alpha value is -0.750. The SMILES string of the molecule is CCCn1ncc(Cl)c1C(NCC)C(F)(F)F. The van der Waals surface area contributed by atoms with Gasteiger partial charge in [0.1, 0.15) is 6.04 Å². The third-order valence-corrected chi connectivity index (χ3v) is 2.57. The molecule has 3 nitrogen and oxygen atoms in total. The summed E-state index contributed by atoms with van der Waals surface area (Å²) in [7, 11) is 0. The van der Waals surface area contributed by atoms with Crippen LogP contribution in [0.25, 0.3) is 0 Å². The molecule has 1 unspecified atom stereocenters. The maximum absolute atomic E-state index is 12.9. The number of aromatic nitrogens is 2. The van der Waals surface area contributed by atoms with Gasteiger partial charge < -0.3 is 5.32 Å². The zero-order valence-electron chi connectivity index (χ0n) is 9.68. The van der Waals surface area contributed by atoms with Gasteiger partial charge in [-0.05, 0) is 13.0 Å². The van der Waals surface area contributed by atoms with Gasteiger partial charge in [0.2, 0.25) is 0 Å². The maximum Gasteiger partial charge on any atom is 0.409 e. The van der Waals surface area contributed by atoms with Crippen molar-refractivity contribution in [2.75, 3.05) is 6.54 Å². The van der Waals surface area contributed by atoms with Crippen LogP contribution >= 0.6 is 11.6 Å². The maximum atomic E-state index is 12.9. The molecule has 1 aromatic heterocycles. The highest BCUT2D eigenvalue weighted by Gasteiger charge is 2.43. The molecule has 0 aliphatic rings. The molecule has 0 fully saturated rings. The van der Waals surface area contributed by atoms with Crippen molar-refractivity contribution in [2.45, 2.75) is 39.0 Å². The molecule has 1 aromatic rings. The van der Waals surface area contributed by atoms with Crippen LogP contribution in [-0.4, -0.2) is 22.5 Å². The number of nitrogens with one attached hydrogen (secondary N) is 1. The molecule has 0 aliphatic carbocycles. The first kappa shape index (κ1) is 14.3. The average Bonchev–Trinajstić information content (AvgIpc) is 2.56. The van der Waals surface area contributed by atoms with Crippen molar-refractivity contribution in [1.29, 1.82) is 0 Å². The molecule has 0 saturated carbocycles. The van der Waals surface area contributed by atoms with Crippen LogP contribution in [0.4, 0.5) is 13.2 Å². The predicted octanol–water partition coefficient (Wildman–Crippen LogP) is 3.16.